The van der Waals surface area contributed by atoms with Crippen molar-refractivity contribution in [1.29, 1.82) is 0 Å². The van der Waals surface area contributed by atoms with Gasteiger partial charge >= 0.3 is 0 Å². The second kappa shape index (κ2) is 7.64. The Hall–Kier alpha value is -2.11. The third kappa shape index (κ3) is 3.68. The number of halogens is 1. The fourth-order valence-corrected chi connectivity index (χ4v) is 3.11. The summed E-state index contributed by atoms with van der Waals surface area (Å²) in [5.41, 5.74) is 2.63. The summed E-state index contributed by atoms with van der Waals surface area (Å²) in [6.45, 7) is 1.58. The summed E-state index contributed by atoms with van der Waals surface area (Å²) in [4.78, 5) is 17.4. The van der Waals surface area contributed by atoms with Crippen molar-refractivity contribution in [3.8, 4) is 5.88 Å². The van der Waals surface area contributed by atoms with E-state index in [2.05, 4.69) is 9.88 Å². The average molecular weight is 347 g/mol. The molecule has 1 aliphatic rings. The molecule has 0 radical (unpaired) electrons. The summed E-state index contributed by atoms with van der Waals surface area (Å²) in [6.07, 6.45) is 3.88. The van der Waals surface area contributed by atoms with Crippen LogP contribution in [0.4, 0.5) is 5.69 Å². The molecule has 0 aliphatic carbocycles. The van der Waals surface area contributed by atoms with Crippen LogP contribution in [0.2, 0.25) is 5.02 Å². The highest BCUT2D eigenvalue weighted by atomic mass is 35.5. The van der Waals surface area contributed by atoms with Gasteiger partial charge in [-0.1, -0.05) is 23.7 Å². The molecule has 1 unspecified atom stereocenters. The van der Waals surface area contributed by atoms with Crippen molar-refractivity contribution in [2.45, 2.75) is 18.9 Å². The largest absolute Gasteiger partial charge is 0.471 e. The standard InChI is InChI=1S/C18H19ClN2O3/c19-16-2-1-7-20-18(16)24-15-5-8-21(11-15)17-10-13(12-23)3-4-14(17)6-9-22/h1-4,7,10,12,15,22H,5-6,8-9,11H2. The molecule has 1 fully saturated rings. The zero-order valence-electron chi connectivity index (χ0n) is 13.2. The fourth-order valence-electron chi connectivity index (χ4n) is 2.94. The number of ether oxygens (including phenoxy) is 1. The van der Waals surface area contributed by atoms with Crippen LogP contribution in [0.15, 0.2) is 36.5 Å². The molecule has 0 bridgehead atoms. The molecule has 1 atom stereocenters. The van der Waals surface area contributed by atoms with Crippen LogP contribution in [0.1, 0.15) is 22.3 Å². The van der Waals surface area contributed by atoms with Crippen molar-refractivity contribution in [3.63, 3.8) is 0 Å². The van der Waals surface area contributed by atoms with E-state index in [1.54, 1.807) is 24.4 Å². The molecule has 6 heteroatoms. The number of aldehydes is 1. The van der Waals surface area contributed by atoms with E-state index in [-0.39, 0.29) is 12.7 Å². The molecule has 24 heavy (non-hydrogen) atoms. The highest BCUT2D eigenvalue weighted by molar-refractivity contribution is 6.31. The van der Waals surface area contributed by atoms with Crippen LogP contribution in [-0.2, 0) is 6.42 Å². The van der Waals surface area contributed by atoms with Crippen LogP contribution >= 0.6 is 11.6 Å². The third-order valence-electron chi connectivity index (χ3n) is 4.12. The van der Waals surface area contributed by atoms with Crippen LogP contribution in [0.3, 0.4) is 0 Å². The topological polar surface area (TPSA) is 62.7 Å². The van der Waals surface area contributed by atoms with E-state index >= 15 is 0 Å². The molecule has 2 aromatic rings. The molecule has 5 nitrogen and oxygen atoms in total. The zero-order chi connectivity index (χ0) is 16.9. The van der Waals surface area contributed by atoms with E-state index in [1.165, 1.54) is 0 Å². The van der Waals surface area contributed by atoms with Crippen LogP contribution < -0.4 is 9.64 Å². The molecule has 1 aromatic heterocycles. The maximum absolute atomic E-state index is 11.1. The first-order chi connectivity index (χ1) is 11.7. The van der Waals surface area contributed by atoms with Gasteiger partial charge in [0, 0.05) is 37.0 Å². The Morgan fingerprint density at radius 1 is 1.42 bits per heavy atom. The molecule has 0 saturated carbocycles. The number of hydrogen-bond acceptors (Lipinski definition) is 5. The Kier molecular flexibility index (Phi) is 5.33. The van der Waals surface area contributed by atoms with Gasteiger partial charge in [0.1, 0.15) is 17.4 Å². The Morgan fingerprint density at radius 2 is 2.29 bits per heavy atom. The van der Waals surface area contributed by atoms with E-state index < -0.39 is 0 Å². The molecule has 0 spiro atoms. The van der Waals surface area contributed by atoms with Crippen molar-refractivity contribution in [3.05, 3.63) is 52.7 Å². The molecular formula is C18H19ClN2O3. The van der Waals surface area contributed by atoms with Gasteiger partial charge in [-0.25, -0.2) is 4.98 Å². The van der Waals surface area contributed by atoms with E-state index in [1.807, 2.05) is 12.1 Å². The van der Waals surface area contributed by atoms with Crippen LogP contribution in [0.25, 0.3) is 0 Å². The smallest absolute Gasteiger partial charge is 0.232 e. The first kappa shape index (κ1) is 16.7. The fraction of sp³-hybridized carbons (Fsp3) is 0.333. The number of aromatic nitrogens is 1. The minimum absolute atomic E-state index is 0.0146. The van der Waals surface area contributed by atoms with Gasteiger partial charge in [-0.3, -0.25) is 4.79 Å². The maximum atomic E-state index is 11.1. The Bertz CT molecular complexity index is 723. The Balaban J connectivity index is 1.75. The van der Waals surface area contributed by atoms with E-state index in [4.69, 9.17) is 16.3 Å². The van der Waals surface area contributed by atoms with Gasteiger partial charge in [0.15, 0.2) is 0 Å². The van der Waals surface area contributed by atoms with Crippen molar-refractivity contribution >= 4 is 23.6 Å². The predicted molar refractivity (Wildman–Crippen MR) is 93.1 cm³/mol. The normalized spacial score (nSPS) is 17.1. The van der Waals surface area contributed by atoms with Gasteiger partial charge in [-0.05, 0) is 30.2 Å². The number of anilines is 1. The number of pyridine rings is 1. The summed E-state index contributed by atoms with van der Waals surface area (Å²) in [5, 5.41) is 9.76. The zero-order valence-corrected chi connectivity index (χ0v) is 13.9. The van der Waals surface area contributed by atoms with Gasteiger partial charge in [-0.15, -0.1) is 0 Å². The van der Waals surface area contributed by atoms with Crippen molar-refractivity contribution in [2.75, 3.05) is 24.6 Å². The minimum atomic E-state index is -0.0146. The van der Waals surface area contributed by atoms with Crippen molar-refractivity contribution in [1.82, 2.24) is 4.98 Å². The summed E-state index contributed by atoms with van der Waals surface area (Å²) in [5.74, 6) is 0.447. The molecule has 2 heterocycles. The summed E-state index contributed by atoms with van der Waals surface area (Å²) < 4.78 is 5.91. The first-order valence-electron chi connectivity index (χ1n) is 7.92. The molecule has 1 aromatic carbocycles. The number of carbonyl (C=O) groups is 1. The number of rotatable bonds is 6. The second-order valence-electron chi connectivity index (χ2n) is 5.74. The quantitative estimate of drug-likeness (QED) is 0.815. The van der Waals surface area contributed by atoms with Crippen molar-refractivity contribution in [2.24, 2.45) is 0 Å². The molecule has 1 N–H and O–H groups in total. The highest BCUT2D eigenvalue weighted by Gasteiger charge is 2.26. The summed E-state index contributed by atoms with van der Waals surface area (Å²) in [7, 11) is 0. The predicted octanol–water partition coefficient (Wildman–Crippen LogP) is 2.74. The van der Waals surface area contributed by atoms with Gasteiger partial charge in [0.25, 0.3) is 0 Å². The Morgan fingerprint density at radius 3 is 3.04 bits per heavy atom. The Labute approximate surface area is 145 Å². The average Bonchev–Trinajstić information content (AvgIpc) is 3.06. The number of aliphatic hydroxyl groups is 1. The lowest BCUT2D eigenvalue weighted by molar-refractivity contribution is 0.112. The van der Waals surface area contributed by atoms with Gasteiger partial charge in [0.2, 0.25) is 5.88 Å². The van der Waals surface area contributed by atoms with Gasteiger partial charge < -0.3 is 14.7 Å². The first-order valence-corrected chi connectivity index (χ1v) is 8.30. The lowest BCUT2D eigenvalue weighted by atomic mass is 10.1. The number of hydrogen-bond donors (Lipinski definition) is 1. The lowest BCUT2D eigenvalue weighted by Crippen LogP contribution is -2.26. The van der Waals surface area contributed by atoms with E-state index in [9.17, 15) is 9.90 Å². The molecule has 126 valence electrons. The number of aliphatic hydroxyl groups excluding tert-OH is 1. The highest BCUT2D eigenvalue weighted by Crippen LogP contribution is 2.29. The molecule has 0 amide bonds. The van der Waals surface area contributed by atoms with Crippen LogP contribution in [0.5, 0.6) is 5.88 Å². The van der Waals surface area contributed by atoms with Crippen LogP contribution in [0, 0.1) is 0 Å². The monoisotopic (exact) mass is 346 g/mol. The van der Waals surface area contributed by atoms with E-state index in [0.717, 1.165) is 30.5 Å². The maximum Gasteiger partial charge on any atom is 0.232 e. The molecular weight excluding hydrogens is 328 g/mol. The van der Waals surface area contributed by atoms with Crippen LogP contribution in [-0.4, -0.2) is 42.2 Å². The van der Waals surface area contributed by atoms with Crippen molar-refractivity contribution < 1.29 is 14.6 Å². The minimum Gasteiger partial charge on any atom is -0.471 e. The van der Waals surface area contributed by atoms with Gasteiger partial charge in [-0.2, -0.15) is 0 Å². The molecule has 3 rings (SSSR count). The summed E-state index contributed by atoms with van der Waals surface area (Å²) in [6, 6.07) is 9.07. The number of carbonyl (C=O) groups excluding carboxylic acids is 1. The lowest BCUT2D eigenvalue weighted by Gasteiger charge is -2.22. The SMILES string of the molecule is O=Cc1ccc(CCO)c(N2CCC(Oc3ncccc3Cl)C2)c1. The number of benzene rings is 1. The molecule has 1 saturated heterocycles. The molecule has 1 aliphatic heterocycles. The van der Waals surface area contributed by atoms with E-state index in [0.29, 0.717) is 29.4 Å². The number of nitrogens with zero attached hydrogens (tertiary/aromatic N) is 2. The third-order valence-corrected chi connectivity index (χ3v) is 4.40. The van der Waals surface area contributed by atoms with Gasteiger partial charge in [0.05, 0.1) is 6.54 Å². The second-order valence-corrected chi connectivity index (χ2v) is 6.15. The summed E-state index contributed by atoms with van der Waals surface area (Å²) >= 11 is 6.09.